The van der Waals surface area contributed by atoms with E-state index in [1.165, 1.54) is 9.88 Å². The van der Waals surface area contributed by atoms with Crippen LogP contribution in [0, 0.1) is 0 Å². The number of nitrogens with zero attached hydrogens (tertiary/aromatic N) is 1. The number of thioether (sulfide) groups is 1. The molecule has 0 aliphatic rings. The van der Waals surface area contributed by atoms with Crippen LogP contribution in [0.3, 0.4) is 0 Å². The molecule has 0 unspecified atom stereocenters. The monoisotopic (exact) mass is 232 g/mol. The minimum atomic E-state index is 0.760. The van der Waals surface area contributed by atoms with Crippen molar-refractivity contribution < 1.29 is 4.74 Å². The Hall–Kier alpha value is -0.100. The smallest absolute Gasteiger partial charge is 0.103 e. The highest BCUT2D eigenvalue weighted by atomic mass is 32.2. The van der Waals surface area contributed by atoms with Gasteiger partial charge in [-0.2, -0.15) is 11.8 Å². The fourth-order valence-corrected chi connectivity index (χ4v) is 2.60. The third-order valence-corrected chi connectivity index (χ3v) is 3.39. The fourth-order valence-electron chi connectivity index (χ4n) is 1.01. The molecule has 80 valence electrons. The van der Waals surface area contributed by atoms with Crippen LogP contribution in [-0.2, 0) is 17.0 Å². The van der Waals surface area contributed by atoms with Gasteiger partial charge >= 0.3 is 0 Å². The van der Waals surface area contributed by atoms with E-state index in [-0.39, 0.29) is 0 Å². The number of thiazole rings is 1. The molecule has 1 heterocycles. The Balaban J connectivity index is 2.22. The van der Waals surface area contributed by atoms with Crippen molar-refractivity contribution >= 4 is 23.1 Å². The first kappa shape index (κ1) is 12.0. The molecule has 1 N–H and O–H groups in total. The number of aromatic nitrogens is 1. The predicted molar refractivity (Wildman–Crippen MR) is 62.9 cm³/mol. The molecular weight excluding hydrogens is 216 g/mol. The largest absolute Gasteiger partial charge is 0.383 e. The van der Waals surface area contributed by atoms with E-state index < -0.39 is 0 Å². The van der Waals surface area contributed by atoms with E-state index in [1.54, 1.807) is 18.4 Å². The highest BCUT2D eigenvalue weighted by Crippen LogP contribution is 2.16. The summed E-state index contributed by atoms with van der Waals surface area (Å²) in [4.78, 5) is 5.63. The zero-order valence-corrected chi connectivity index (χ0v) is 10.2. The van der Waals surface area contributed by atoms with Crippen molar-refractivity contribution in [2.24, 2.45) is 0 Å². The molecule has 0 saturated carbocycles. The van der Waals surface area contributed by atoms with Gasteiger partial charge in [-0.25, -0.2) is 4.98 Å². The molecule has 0 aliphatic heterocycles. The SMILES string of the molecule is COCCNCc1cnc(CSC)s1. The summed E-state index contributed by atoms with van der Waals surface area (Å²) in [5.41, 5.74) is 0. The first-order valence-corrected chi connectivity index (χ1v) is 6.70. The second kappa shape index (κ2) is 7.23. The van der Waals surface area contributed by atoms with Gasteiger partial charge in [-0.15, -0.1) is 11.3 Å². The maximum absolute atomic E-state index is 4.95. The second-order valence-electron chi connectivity index (χ2n) is 2.82. The highest BCUT2D eigenvalue weighted by molar-refractivity contribution is 7.97. The summed E-state index contributed by atoms with van der Waals surface area (Å²) in [5, 5.41) is 4.51. The van der Waals surface area contributed by atoms with Gasteiger partial charge in [0.2, 0.25) is 0 Å². The van der Waals surface area contributed by atoms with Gasteiger partial charge in [0.15, 0.2) is 0 Å². The van der Waals surface area contributed by atoms with Gasteiger partial charge < -0.3 is 10.1 Å². The van der Waals surface area contributed by atoms with E-state index in [2.05, 4.69) is 16.6 Å². The van der Waals surface area contributed by atoms with E-state index in [1.807, 2.05) is 18.0 Å². The van der Waals surface area contributed by atoms with Crippen LogP contribution in [0.4, 0.5) is 0 Å². The van der Waals surface area contributed by atoms with Crippen LogP contribution < -0.4 is 5.32 Å². The molecule has 1 aromatic rings. The summed E-state index contributed by atoms with van der Waals surface area (Å²) in [6.07, 6.45) is 4.05. The van der Waals surface area contributed by atoms with Gasteiger partial charge in [-0.05, 0) is 6.26 Å². The normalized spacial score (nSPS) is 10.7. The summed E-state index contributed by atoms with van der Waals surface area (Å²) in [5.74, 6) is 1.02. The van der Waals surface area contributed by atoms with Crippen LogP contribution in [0.25, 0.3) is 0 Å². The Bertz CT molecular complexity index is 253. The van der Waals surface area contributed by atoms with Crippen LogP contribution in [0.1, 0.15) is 9.88 Å². The van der Waals surface area contributed by atoms with E-state index in [0.717, 1.165) is 25.4 Å². The Morgan fingerprint density at radius 2 is 2.50 bits per heavy atom. The van der Waals surface area contributed by atoms with Gasteiger partial charge in [0.05, 0.1) is 6.61 Å². The van der Waals surface area contributed by atoms with E-state index in [0.29, 0.717) is 0 Å². The van der Waals surface area contributed by atoms with Crippen molar-refractivity contribution in [3.63, 3.8) is 0 Å². The standard InChI is InChI=1S/C9H16N2OS2/c1-12-4-3-10-5-8-6-11-9(14-8)7-13-2/h6,10H,3-5,7H2,1-2H3. The Morgan fingerprint density at radius 1 is 1.64 bits per heavy atom. The predicted octanol–water partition coefficient (Wildman–Crippen LogP) is 1.74. The molecule has 0 fully saturated rings. The Kier molecular flexibility index (Phi) is 6.18. The molecule has 3 nitrogen and oxygen atoms in total. The van der Waals surface area contributed by atoms with Crippen LogP contribution in [-0.4, -0.2) is 31.5 Å². The number of methoxy groups -OCH3 is 1. The lowest BCUT2D eigenvalue weighted by atomic mass is 10.5. The quantitative estimate of drug-likeness (QED) is 0.726. The first-order valence-electron chi connectivity index (χ1n) is 4.49. The molecule has 0 aromatic carbocycles. The zero-order valence-electron chi connectivity index (χ0n) is 8.58. The Morgan fingerprint density at radius 3 is 3.21 bits per heavy atom. The van der Waals surface area contributed by atoms with Gasteiger partial charge in [0.25, 0.3) is 0 Å². The van der Waals surface area contributed by atoms with Crippen molar-refractivity contribution in [1.82, 2.24) is 10.3 Å². The van der Waals surface area contributed by atoms with E-state index >= 15 is 0 Å². The molecule has 0 atom stereocenters. The average Bonchev–Trinajstić information content (AvgIpc) is 2.61. The topological polar surface area (TPSA) is 34.1 Å². The van der Waals surface area contributed by atoms with Crippen molar-refractivity contribution in [3.8, 4) is 0 Å². The maximum atomic E-state index is 4.95. The molecule has 0 spiro atoms. The molecule has 0 bridgehead atoms. The van der Waals surface area contributed by atoms with Gasteiger partial charge in [0, 0.05) is 37.0 Å². The van der Waals surface area contributed by atoms with E-state index in [4.69, 9.17) is 4.74 Å². The lowest BCUT2D eigenvalue weighted by molar-refractivity contribution is 0.199. The van der Waals surface area contributed by atoms with Gasteiger partial charge in [-0.1, -0.05) is 0 Å². The summed E-state index contributed by atoms with van der Waals surface area (Å²) in [6.45, 7) is 2.55. The number of hydrogen-bond acceptors (Lipinski definition) is 5. The van der Waals surface area contributed by atoms with Crippen molar-refractivity contribution in [1.29, 1.82) is 0 Å². The third-order valence-electron chi connectivity index (χ3n) is 1.65. The molecule has 5 heteroatoms. The number of rotatable bonds is 7. The minimum absolute atomic E-state index is 0.760. The second-order valence-corrected chi connectivity index (χ2v) is 4.89. The summed E-state index contributed by atoms with van der Waals surface area (Å²) >= 11 is 3.59. The molecule has 0 aliphatic carbocycles. The average molecular weight is 232 g/mol. The lowest BCUT2D eigenvalue weighted by Gasteiger charge is -2.00. The fraction of sp³-hybridized carbons (Fsp3) is 0.667. The maximum Gasteiger partial charge on any atom is 0.103 e. The highest BCUT2D eigenvalue weighted by Gasteiger charge is 2.00. The number of hydrogen-bond donors (Lipinski definition) is 1. The lowest BCUT2D eigenvalue weighted by Crippen LogP contribution is -2.17. The summed E-state index contributed by atoms with van der Waals surface area (Å²) in [6, 6.07) is 0. The van der Waals surface area contributed by atoms with Gasteiger partial charge in [-0.3, -0.25) is 0 Å². The number of nitrogens with one attached hydrogen (secondary N) is 1. The summed E-state index contributed by atoms with van der Waals surface area (Å²) in [7, 11) is 1.71. The van der Waals surface area contributed by atoms with Crippen LogP contribution >= 0.6 is 23.1 Å². The van der Waals surface area contributed by atoms with Gasteiger partial charge in [0.1, 0.15) is 5.01 Å². The number of ether oxygens (including phenoxy) is 1. The minimum Gasteiger partial charge on any atom is -0.383 e. The Labute approximate surface area is 93.3 Å². The summed E-state index contributed by atoms with van der Waals surface area (Å²) < 4.78 is 4.95. The molecule has 14 heavy (non-hydrogen) atoms. The molecule has 0 amide bonds. The van der Waals surface area contributed by atoms with Crippen LogP contribution in [0.5, 0.6) is 0 Å². The van der Waals surface area contributed by atoms with Crippen molar-refractivity contribution in [2.45, 2.75) is 12.3 Å². The molecule has 0 saturated heterocycles. The van der Waals surface area contributed by atoms with Crippen LogP contribution in [0.15, 0.2) is 6.20 Å². The first-order chi connectivity index (χ1) is 6.86. The molecule has 0 radical (unpaired) electrons. The third kappa shape index (κ3) is 4.41. The van der Waals surface area contributed by atoms with Crippen molar-refractivity contribution in [2.75, 3.05) is 26.5 Å². The zero-order chi connectivity index (χ0) is 10.2. The van der Waals surface area contributed by atoms with Crippen LogP contribution in [0.2, 0.25) is 0 Å². The molecule has 1 rings (SSSR count). The van der Waals surface area contributed by atoms with E-state index in [9.17, 15) is 0 Å². The molecular formula is C9H16N2OS2. The molecule has 1 aromatic heterocycles. The van der Waals surface area contributed by atoms with Crippen molar-refractivity contribution in [3.05, 3.63) is 16.1 Å².